The van der Waals surface area contributed by atoms with E-state index in [2.05, 4.69) is 18.0 Å². The highest BCUT2D eigenvalue weighted by Gasteiger charge is 1.94. The van der Waals surface area contributed by atoms with Crippen LogP contribution in [0.4, 0.5) is 0 Å². The lowest BCUT2D eigenvalue weighted by atomic mass is 10.2. The molecule has 1 aromatic rings. The van der Waals surface area contributed by atoms with E-state index in [-0.39, 0.29) is 0 Å². The summed E-state index contributed by atoms with van der Waals surface area (Å²) in [6.07, 6.45) is 2.94. The minimum absolute atomic E-state index is 0.435. The Labute approximate surface area is 96.6 Å². The minimum atomic E-state index is -0.435. The molecule has 0 aliphatic rings. The van der Waals surface area contributed by atoms with Crippen molar-refractivity contribution in [3.05, 3.63) is 55.1 Å². The maximum absolute atomic E-state index is 10.2. The predicted octanol–water partition coefficient (Wildman–Crippen LogP) is 2.52. The van der Waals surface area contributed by atoms with Crippen molar-refractivity contribution in [3.63, 3.8) is 0 Å². The van der Waals surface area contributed by atoms with Gasteiger partial charge in [0.05, 0.1) is 0 Å². The van der Waals surface area contributed by atoms with Gasteiger partial charge in [-0.25, -0.2) is 4.79 Å². The van der Waals surface area contributed by atoms with E-state index in [1.165, 1.54) is 10.6 Å². The van der Waals surface area contributed by atoms with E-state index in [9.17, 15) is 4.79 Å². The van der Waals surface area contributed by atoms with Gasteiger partial charge in [0.1, 0.15) is 0 Å². The zero-order chi connectivity index (χ0) is 12.4. The Morgan fingerprint density at radius 2 is 1.81 bits per heavy atom. The van der Waals surface area contributed by atoms with Gasteiger partial charge in [-0.3, -0.25) is 0 Å². The van der Waals surface area contributed by atoms with Gasteiger partial charge in [0.15, 0.2) is 0 Å². The van der Waals surface area contributed by atoms with E-state index in [4.69, 9.17) is 0 Å². The van der Waals surface area contributed by atoms with Crippen LogP contribution in [0, 0.1) is 0 Å². The summed E-state index contributed by atoms with van der Waals surface area (Å²) < 4.78 is 0. The number of hydrogen-bond donors (Lipinski definition) is 0. The van der Waals surface area contributed by atoms with E-state index in [0.29, 0.717) is 0 Å². The molecule has 0 aliphatic carbocycles. The summed E-state index contributed by atoms with van der Waals surface area (Å²) in [5.41, 5.74) is 1.17. The third-order valence-corrected chi connectivity index (χ3v) is 1.47. The Bertz CT molecular complexity index is 331. The quantitative estimate of drug-likeness (QED) is 0.578. The van der Waals surface area contributed by atoms with Gasteiger partial charge in [0, 0.05) is 20.2 Å². The molecule has 0 spiro atoms. The van der Waals surface area contributed by atoms with Crippen LogP contribution in [0.1, 0.15) is 5.56 Å². The van der Waals surface area contributed by atoms with Gasteiger partial charge in [-0.15, -0.1) is 5.06 Å². The van der Waals surface area contributed by atoms with Crippen molar-refractivity contribution in [2.45, 2.75) is 0 Å². The number of benzene rings is 1. The number of rotatable bonds is 3. The van der Waals surface area contributed by atoms with E-state index in [1.807, 2.05) is 36.4 Å². The van der Waals surface area contributed by atoms with Crippen molar-refractivity contribution < 1.29 is 9.63 Å². The standard InChI is InChI=1S/C8H8.C5H9NO2/c1-2-8-6-4-3-5-7-8;1-4-5(7)8-6(2)3/h2-7H,1H2;4H,1H2,2-3H3. The van der Waals surface area contributed by atoms with Crippen molar-refractivity contribution in [2.24, 2.45) is 0 Å². The van der Waals surface area contributed by atoms with Crippen molar-refractivity contribution >= 4 is 12.0 Å². The molecule has 0 bridgehead atoms. The molecule has 0 heterocycles. The lowest BCUT2D eigenvalue weighted by Crippen LogP contribution is -2.16. The van der Waals surface area contributed by atoms with Gasteiger partial charge in [-0.2, -0.15) is 0 Å². The van der Waals surface area contributed by atoms with E-state index >= 15 is 0 Å². The molecule has 0 saturated carbocycles. The van der Waals surface area contributed by atoms with Gasteiger partial charge in [-0.1, -0.05) is 49.6 Å². The van der Waals surface area contributed by atoms with E-state index in [0.717, 1.165) is 6.08 Å². The van der Waals surface area contributed by atoms with Gasteiger partial charge in [0.25, 0.3) is 0 Å². The molecule has 0 fully saturated rings. The van der Waals surface area contributed by atoms with Gasteiger partial charge < -0.3 is 4.84 Å². The van der Waals surface area contributed by atoms with Crippen LogP contribution in [0.5, 0.6) is 0 Å². The molecule has 1 aromatic carbocycles. The fraction of sp³-hybridized carbons (Fsp3) is 0.154. The molecule has 86 valence electrons. The van der Waals surface area contributed by atoms with E-state index in [1.54, 1.807) is 14.1 Å². The maximum Gasteiger partial charge on any atom is 0.349 e. The molecule has 1 rings (SSSR count). The Hall–Kier alpha value is -1.87. The largest absolute Gasteiger partial charge is 0.365 e. The van der Waals surface area contributed by atoms with Crippen molar-refractivity contribution in [1.29, 1.82) is 0 Å². The van der Waals surface area contributed by atoms with Gasteiger partial charge in [0.2, 0.25) is 0 Å². The summed E-state index contributed by atoms with van der Waals surface area (Å²) in [7, 11) is 3.25. The molecule has 3 heteroatoms. The number of carbonyl (C=O) groups excluding carboxylic acids is 1. The monoisotopic (exact) mass is 219 g/mol. The van der Waals surface area contributed by atoms with E-state index < -0.39 is 5.97 Å². The van der Waals surface area contributed by atoms with Crippen LogP contribution in [0.2, 0.25) is 0 Å². The second-order valence-corrected chi connectivity index (χ2v) is 3.04. The highest BCUT2D eigenvalue weighted by Crippen LogP contribution is 1.97. The molecule has 0 saturated heterocycles. The first kappa shape index (κ1) is 14.1. The van der Waals surface area contributed by atoms with Crippen LogP contribution >= 0.6 is 0 Å². The normalized spacial score (nSPS) is 8.69. The maximum atomic E-state index is 10.2. The fourth-order valence-corrected chi connectivity index (χ4v) is 0.806. The first-order chi connectivity index (χ1) is 7.60. The van der Waals surface area contributed by atoms with Crippen molar-refractivity contribution in [2.75, 3.05) is 14.1 Å². The molecule has 0 atom stereocenters. The third-order valence-electron chi connectivity index (χ3n) is 1.47. The Morgan fingerprint density at radius 3 is 2.06 bits per heavy atom. The Balaban J connectivity index is 0.000000281. The summed E-state index contributed by atoms with van der Waals surface area (Å²) in [6.45, 7) is 6.84. The van der Waals surface area contributed by atoms with Crippen molar-refractivity contribution in [3.8, 4) is 0 Å². The average molecular weight is 219 g/mol. The first-order valence-electron chi connectivity index (χ1n) is 4.79. The molecule has 0 aromatic heterocycles. The topological polar surface area (TPSA) is 29.5 Å². The van der Waals surface area contributed by atoms with Crippen LogP contribution < -0.4 is 0 Å². The highest BCUT2D eigenvalue weighted by molar-refractivity contribution is 5.80. The summed E-state index contributed by atoms with van der Waals surface area (Å²) >= 11 is 0. The molecule has 0 unspecified atom stereocenters. The van der Waals surface area contributed by atoms with Crippen LogP contribution in [0.25, 0.3) is 6.08 Å². The number of nitrogens with zero attached hydrogens (tertiary/aromatic N) is 1. The summed E-state index contributed by atoms with van der Waals surface area (Å²) in [6, 6.07) is 10.0. The molecular weight excluding hydrogens is 202 g/mol. The first-order valence-corrected chi connectivity index (χ1v) is 4.79. The van der Waals surface area contributed by atoms with Crippen LogP contribution in [-0.2, 0) is 9.63 Å². The molecule has 0 aliphatic heterocycles. The number of carbonyl (C=O) groups is 1. The summed E-state index contributed by atoms with van der Waals surface area (Å²) in [5.74, 6) is -0.435. The molecule has 3 nitrogen and oxygen atoms in total. The van der Waals surface area contributed by atoms with Crippen LogP contribution in [-0.4, -0.2) is 25.1 Å². The summed E-state index contributed by atoms with van der Waals surface area (Å²) in [4.78, 5) is 14.7. The Kier molecular flexibility index (Phi) is 7.45. The SMILES string of the molecule is C=CC(=O)ON(C)C.C=Cc1ccccc1. The molecule has 16 heavy (non-hydrogen) atoms. The fourth-order valence-electron chi connectivity index (χ4n) is 0.806. The Morgan fingerprint density at radius 1 is 1.25 bits per heavy atom. The molecular formula is C13H17NO2. The number of hydrogen-bond acceptors (Lipinski definition) is 3. The van der Waals surface area contributed by atoms with Crippen LogP contribution in [0.3, 0.4) is 0 Å². The zero-order valence-corrected chi connectivity index (χ0v) is 9.72. The minimum Gasteiger partial charge on any atom is -0.365 e. The van der Waals surface area contributed by atoms with Crippen LogP contribution in [0.15, 0.2) is 49.6 Å². The lowest BCUT2D eigenvalue weighted by molar-refractivity contribution is -0.171. The average Bonchev–Trinajstić information content (AvgIpc) is 2.30. The second kappa shape index (κ2) is 8.44. The number of hydroxylamine groups is 2. The molecule has 0 N–H and O–H groups in total. The van der Waals surface area contributed by atoms with Crippen molar-refractivity contribution in [1.82, 2.24) is 5.06 Å². The smallest absolute Gasteiger partial charge is 0.349 e. The predicted molar refractivity (Wildman–Crippen MR) is 66.5 cm³/mol. The lowest BCUT2D eigenvalue weighted by Gasteiger charge is -2.05. The van der Waals surface area contributed by atoms with Gasteiger partial charge in [-0.05, 0) is 5.56 Å². The molecule has 0 radical (unpaired) electrons. The third kappa shape index (κ3) is 7.53. The highest BCUT2D eigenvalue weighted by atomic mass is 16.7. The second-order valence-electron chi connectivity index (χ2n) is 3.04. The zero-order valence-electron chi connectivity index (χ0n) is 9.72. The van der Waals surface area contributed by atoms with Gasteiger partial charge >= 0.3 is 5.97 Å². The summed E-state index contributed by atoms with van der Waals surface area (Å²) in [5, 5.41) is 1.31. The molecule has 0 amide bonds.